The highest BCUT2D eigenvalue weighted by molar-refractivity contribution is 6.07. The van der Waals surface area contributed by atoms with E-state index in [1.54, 1.807) is 43.3 Å². The van der Waals surface area contributed by atoms with Crippen LogP contribution in [0.15, 0.2) is 48.5 Å². The Labute approximate surface area is 154 Å². The highest BCUT2D eigenvalue weighted by Gasteiger charge is 2.43. The molecule has 0 bridgehead atoms. The quantitative estimate of drug-likeness (QED) is 0.594. The van der Waals surface area contributed by atoms with Crippen LogP contribution in [0.4, 0.5) is 4.79 Å². The second-order valence-electron chi connectivity index (χ2n) is 6.30. The molecule has 1 aliphatic rings. The molecule has 3 rings (SSSR count). The summed E-state index contributed by atoms with van der Waals surface area (Å²) < 4.78 is 0. The van der Waals surface area contributed by atoms with Crippen LogP contribution in [-0.4, -0.2) is 28.9 Å². The number of carbonyl (C=O) groups excluding carboxylic acids is 3. The average molecular weight is 367 g/mol. The van der Waals surface area contributed by atoms with Gasteiger partial charge >= 0.3 is 12.0 Å². The van der Waals surface area contributed by atoms with Gasteiger partial charge in [0, 0.05) is 12.1 Å². The number of nitrogens with one attached hydrogen (secondary N) is 3. The van der Waals surface area contributed by atoms with E-state index in [1.807, 2.05) is 0 Å². The van der Waals surface area contributed by atoms with Crippen LogP contribution in [0.2, 0.25) is 0 Å². The number of carbonyl (C=O) groups is 4. The number of rotatable bonds is 5. The molecule has 1 fully saturated rings. The van der Waals surface area contributed by atoms with Crippen LogP contribution >= 0.6 is 0 Å². The summed E-state index contributed by atoms with van der Waals surface area (Å²) in [4.78, 5) is 46.4. The molecule has 8 heteroatoms. The maximum atomic E-state index is 12.3. The number of hydrogen-bond acceptors (Lipinski definition) is 4. The van der Waals surface area contributed by atoms with Gasteiger partial charge in [0.25, 0.3) is 11.8 Å². The normalized spacial score (nSPS) is 18.6. The van der Waals surface area contributed by atoms with Gasteiger partial charge in [-0.05, 0) is 42.3 Å². The minimum atomic E-state index is -1.17. The number of aromatic carboxylic acids is 1. The SMILES string of the molecule is C[C@]1(c2ccc(C(=O)NCc3ccc(C(=O)O)cc3)cc2)NC(=O)NC1=O. The smallest absolute Gasteiger partial charge is 0.335 e. The molecule has 1 heterocycles. The molecule has 1 saturated heterocycles. The molecule has 138 valence electrons. The van der Waals surface area contributed by atoms with Gasteiger partial charge in [0.2, 0.25) is 0 Å². The van der Waals surface area contributed by atoms with E-state index in [2.05, 4.69) is 16.0 Å². The van der Waals surface area contributed by atoms with E-state index in [1.165, 1.54) is 12.1 Å². The lowest BCUT2D eigenvalue weighted by molar-refractivity contribution is -0.123. The van der Waals surface area contributed by atoms with Crippen molar-refractivity contribution in [2.75, 3.05) is 0 Å². The van der Waals surface area contributed by atoms with Gasteiger partial charge in [-0.3, -0.25) is 14.9 Å². The number of benzene rings is 2. The summed E-state index contributed by atoms with van der Waals surface area (Å²) in [6.07, 6.45) is 0. The van der Waals surface area contributed by atoms with Crippen LogP contribution in [0.25, 0.3) is 0 Å². The van der Waals surface area contributed by atoms with Crippen molar-refractivity contribution in [3.63, 3.8) is 0 Å². The van der Waals surface area contributed by atoms with Gasteiger partial charge in [0.1, 0.15) is 5.54 Å². The Morgan fingerprint density at radius 1 is 1.00 bits per heavy atom. The van der Waals surface area contributed by atoms with Crippen LogP contribution in [0.1, 0.15) is 38.8 Å². The van der Waals surface area contributed by atoms with E-state index in [9.17, 15) is 19.2 Å². The molecule has 1 aliphatic heterocycles. The van der Waals surface area contributed by atoms with Crippen molar-refractivity contribution >= 4 is 23.8 Å². The van der Waals surface area contributed by atoms with E-state index >= 15 is 0 Å². The van der Waals surface area contributed by atoms with Crippen molar-refractivity contribution in [2.45, 2.75) is 19.0 Å². The second-order valence-corrected chi connectivity index (χ2v) is 6.30. The minimum Gasteiger partial charge on any atom is -0.478 e. The van der Waals surface area contributed by atoms with E-state index in [4.69, 9.17) is 5.11 Å². The van der Waals surface area contributed by atoms with Crippen molar-refractivity contribution in [3.05, 3.63) is 70.8 Å². The van der Waals surface area contributed by atoms with Gasteiger partial charge in [0.05, 0.1) is 5.56 Å². The highest BCUT2D eigenvalue weighted by Crippen LogP contribution is 2.24. The monoisotopic (exact) mass is 367 g/mol. The van der Waals surface area contributed by atoms with Crippen molar-refractivity contribution in [2.24, 2.45) is 0 Å². The number of urea groups is 1. The van der Waals surface area contributed by atoms with Crippen LogP contribution in [0, 0.1) is 0 Å². The fourth-order valence-corrected chi connectivity index (χ4v) is 2.75. The molecule has 1 atom stereocenters. The van der Waals surface area contributed by atoms with Gasteiger partial charge in [0.15, 0.2) is 0 Å². The largest absolute Gasteiger partial charge is 0.478 e. The van der Waals surface area contributed by atoms with Gasteiger partial charge in [-0.15, -0.1) is 0 Å². The fraction of sp³-hybridized carbons (Fsp3) is 0.158. The van der Waals surface area contributed by atoms with E-state index < -0.39 is 23.4 Å². The fourth-order valence-electron chi connectivity index (χ4n) is 2.75. The summed E-state index contributed by atoms with van der Waals surface area (Å²) in [6, 6.07) is 12.0. The van der Waals surface area contributed by atoms with Crippen molar-refractivity contribution < 1.29 is 24.3 Å². The Hall–Kier alpha value is -3.68. The summed E-state index contributed by atoms with van der Waals surface area (Å²) in [5.74, 6) is -1.77. The van der Waals surface area contributed by atoms with Crippen molar-refractivity contribution in [1.82, 2.24) is 16.0 Å². The molecular formula is C19H17N3O5. The number of hydrogen-bond donors (Lipinski definition) is 4. The van der Waals surface area contributed by atoms with E-state index in [0.717, 1.165) is 5.56 Å². The van der Waals surface area contributed by atoms with Gasteiger partial charge in [-0.1, -0.05) is 24.3 Å². The Bertz CT molecular complexity index is 921. The highest BCUT2D eigenvalue weighted by atomic mass is 16.4. The Kier molecular flexibility index (Phi) is 4.64. The first-order valence-corrected chi connectivity index (χ1v) is 8.14. The topological polar surface area (TPSA) is 125 Å². The van der Waals surface area contributed by atoms with E-state index in [-0.39, 0.29) is 18.0 Å². The lowest BCUT2D eigenvalue weighted by Gasteiger charge is -2.21. The molecule has 2 aromatic rings. The zero-order valence-corrected chi connectivity index (χ0v) is 14.4. The third-order valence-electron chi connectivity index (χ3n) is 4.42. The van der Waals surface area contributed by atoms with Crippen LogP contribution in [0.3, 0.4) is 0 Å². The first kappa shape index (κ1) is 18.1. The molecule has 0 radical (unpaired) electrons. The zero-order valence-electron chi connectivity index (χ0n) is 14.4. The van der Waals surface area contributed by atoms with Crippen molar-refractivity contribution in [3.8, 4) is 0 Å². The predicted octanol–water partition coefficient (Wildman–Crippen LogP) is 1.37. The third kappa shape index (κ3) is 3.64. The molecule has 0 unspecified atom stereocenters. The predicted molar refractivity (Wildman–Crippen MR) is 95.0 cm³/mol. The van der Waals surface area contributed by atoms with Crippen LogP contribution in [0.5, 0.6) is 0 Å². The Morgan fingerprint density at radius 3 is 2.11 bits per heavy atom. The lowest BCUT2D eigenvalue weighted by atomic mass is 9.91. The molecule has 0 spiro atoms. The number of amides is 4. The average Bonchev–Trinajstić information content (AvgIpc) is 2.93. The zero-order chi connectivity index (χ0) is 19.6. The maximum Gasteiger partial charge on any atom is 0.335 e. The van der Waals surface area contributed by atoms with Gasteiger partial charge in [-0.25, -0.2) is 9.59 Å². The Morgan fingerprint density at radius 2 is 1.59 bits per heavy atom. The summed E-state index contributed by atoms with van der Waals surface area (Å²) >= 11 is 0. The standard InChI is InChI=1S/C19H17N3O5/c1-19(17(26)21-18(27)22-19)14-8-6-12(7-9-14)15(23)20-10-11-2-4-13(5-3-11)16(24)25/h2-9H,10H2,1H3,(H,20,23)(H,24,25)(H2,21,22,26,27)/t19-/m1/s1. The molecule has 27 heavy (non-hydrogen) atoms. The molecule has 4 N–H and O–H groups in total. The number of carboxylic acids is 1. The third-order valence-corrected chi connectivity index (χ3v) is 4.42. The molecule has 4 amide bonds. The van der Waals surface area contributed by atoms with Gasteiger partial charge < -0.3 is 15.7 Å². The molecule has 0 aliphatic carbocycles. The molecule has 2 aromatic carbocycles. The first-order chi connectivity index (χ1) is 12.8. The molecule has 0 saturated carbocycles. The first-order valence-electron chi connectivity index (χ1n) is 8.14. The summed E-state index contributed by atoms with van der Waals surface area (Å²) in [6.45, 7) is 1.83. The van der Waals surface area contributed by atoms with Gasteiger partial charge in [-0.2, -0.15) is 0 Å². The lowest BCUT2D eigenvalue weighted by Crippen LogP contribution is -2.40. The van der Waals surface area contributed by atoms with E-state index in [0.29, 0.717) is 11.1 Å². The summed E-state index contributed by atoms with van der Waals surface area (Å²) in [5, 5.41) is 16.4. The molecule has 8 nitrogen and oxygen atoms in total. The number of imide groups is 1. The molecule has 0 aromatic heterocycles. The van der Waals surface area contributed by atoms with Crippen LogP contribution < -0.4 is 16.0 Å². The van der Waals surface area contributed by atoms with Crippen LogP contribution in [-0.2, 0) is 16.9 Å². The second kappa shape index (κ2) is 6.91. The molecular weight excluding hydrogens is 350 g/mol. The maximum absolute atomic E-state index is 12.3. The summed E-state index contributed by atoms with van der Waals surface area (Å²) in [5.41, 5.74) is 0.735. The summed E-state index contributed by atoms with van der Waals surface area (Å²) in [7, 11) is 0. The van der Waals surface area contributed by atoms with Crippen molar-refractivity contribution in [1.29, 1.82) is 0 Å². The minimum absolute atomic E-state index is 0.178. The number of carboxylic acid groups (broad SMARTS) is 1. The Balaban J connectivity index is 1.65.